The summed E-state index contributed by atoms with van der Waals surface area (Å²) >= 11 is 3.40. The van der Waals surface area contributed by atoms with Gasteiger partial charge in [0.25, 0.3) is 0 Å². The normalized spacial score (nSPS) is 23.7. The number of aliphatic hydroxyl groups is 1. The fraction of sp³-hybridized carbons (Fsp3) is 0.600. The minimum atomic E-state index is -0.161. The predicted octanol–water partition coefficient (Wildman–Crippen LogP) is 1.61. The quantitative estimate of drug-likeness (QED) is 0.785. The van der Waals surface area contributed by atoms with Crippen molar-refractivity contribution in [3.8, 4) is 0 Å². The van der Waals surface area contributed by atoms with E-state index in [0.29, 0.717) is 12.0 Å². The van der Waals surface area contributed by atoms with Gasteiger partial charge in [0.2, 0.25) is 5.95 Å². The topological polar surface area (TPSA) is 70.1 Å². The maximum Gasteiger partial charge on any atom is 0.224 e. The minimum absolute atomic E-state index is 0.161. The molecule has 2 rings (SSSR count). The molecule has 1 heterocycles. The molecule has 0 amide bonds. The molecule has 88 valence electrons. The fourth-order valence-electron chi connectivity index (χ4n) is 1.61. The second kappa shape index (κ2) is 4.97. The van der Waals surface area contributed by atoms with Crippen molar-refractivity contribution in [3.63, 3.8) is 0 Å². The molecule has 16 heavy (non-hydrogen) atoms. The van der Waals surface area contributed by atoms with Crippen LogP contribution in [0.2, 0.25) is 0 Å². The van der Waals surface area contributed by atoms with Gasteiger partial charge in [-0.15, -0.1) is 0 Å². The summed E-state index contributed by atoms with van der Waals surface area (Å²) < 4.78 is 0.843. The van der Waals surface area contributed by atoms with Crippen LogP contribution in [0.1, 0.15) is 19.8 Å². The van der Waals surface area contributed by atoms with Crippen molar-refractivity contribution in [2.75, 3.05) is 17.2 Å². The van der Waals surface area contributed by atoms with E-state index in [2.05, 4.69) is 36.5 Å². The number of aromatic nitrogens is 2. The molecule has 0 unspecified atom stereocenters. The summed E-state index contributed by atoms with van der Waals surface area (Å²) in [5.41, 5.74) is 0. The van der Waals surface area contributed by atoms with Crippen molar-refractivity contribution >= 4 is 27.7 Å². The number of rotatable bonds is 4. The Balaban J connectivity index is 2.03. The Labute approximate surface area is 103 Å². The Morgan fingerprint density at radius 1 is 1.56 bits per heavy atom. The van der Waals surface area contributed by atoms with Gasteiger partial charge in [-0.3, -0.25) is 0 Å². The van der Waals surface area contributed by atoms with Crippen molar-refractivity contribution in [2.24, 2.45) is 0 Å². The number of aliphatic hydroxyl groups excluding tert-OH is 1. The van der Waals surface area contributed by atoms with Gasteiger partial charge in [-0.2, -0.15) is 4.98 Å². The molecule has 0 saturated heterocycles. The summed E-state index contributed by atoms with van der Waals surface area (Å²) in [4.78, 5) is 8.48. The first-order valence-corrected chi connectivity index (χ1v) is 6.19. The highest BCUT2D eigenvalue weighted by Crippen LogP contribution is 2.27. The van der Waals surface area contributed by atoms with Crippen LogP contribution < -0.4 is 10.6 Å². The first kappa shape index (κ1) is 11.6. The number of halogens is 1. The maximum absolute atomic E-state index is 9.21. The molecule has 1 aromatic heterocycles. The molecule has 1 saturated carbocycles. The third kappa shape index (κ3) is 2.62. The lowest BCUT2D eigenvalue weighted by molar-refractivity contribution is 0.0835. The van der Waals surface area contributed by atoms with Crippen LogP contribution in [0.4, 0.5) is 11.8 Å². The Bertz CT molecular complexity index is 368. The highest BCUT2D eigenvalue weighted by Gasteiger charge is 2.27. The van der Waals surface area contributed by atoms with E-state index in [0.717, 1.165) is 29.7 Å². The second-order valence-corrected chi connectivity index (χ2v) is 4.74. The number of hydrogen-bond acceptors (Lipinski definition) is 5. The van der Waals surface area contributed by atoms with E-state index in [1.54, 1.807) is 6.20 Å². The molecule has 0 radical (unpaired) electrons. The molecule has 1 fully saturated rings. The van der Waals surface area contributed by atoms with E-state index < -0.39 is 0 Å². The molecule has 0 aliphatic heterocycles. The summed E-state index contributed by atoms with van der Waals surface area (Å²) in [5, 5.41) is 15.5. The van der Waals surface area contributed by atoms with Crippen molar-refractivity contribution in [1.82, 2.24) is 9.97 Å². The van der Waals surface area contributed by atoms with Crippen molar-refractivity contribution in [2.45, 2.75) is 31.9 Å². The molecule has 0 atom stereocenters. The van der Waals surface area contributed by atoms with Gasteiger partial charge in [-0.25, -0.2) is 4.98 Å². The minimum Gasteiger partial charge on any atom is -0.393 e. The SMILES string of the molecule is CCNc1ncc(Br)c(NC2CC(O)C2)n1. The molecule has 0 spiro atoms. The number of nitrogens with one attached hydrogen (secondary N) is 2. The van der Waals surface area contributed by atoms with Crippen LogP contribution in [-0.4, -0.2) is 33.8 Å². The van der Waals surface area contributed by atoms with Gasteiger partial charge in [0.1, 0.15) is 5.82 Å². The van der Waals surface area contributed by atoms with Gasteiger partial charge in [0, 0.05) is 18.8 Å². The summed E-state index contributed by atoms with van der Waals surface area (Å²) in [6.45, 7) is 2.80. The molecule has 1 aliphatic carbocycles. The maximum atomic E-state index is 9.21. The van der Waals surface area contributed by atoms with Crippen LogP contribution in [0, 0.1) is 0 Å². The first-order chi connectivity index (χ1) is 7.69. The summed E-state index contributed by atoms with van der Waals surface area (Å²) in [7, 11) is 0. The molecule has 0 bridgehead atoms. The average molecular weight is 287 g/mol. The monoisotopic (exact) mass is 286 g/mol. The van der Waals surface area contributed by atoms with E-state index >= 15 is 0 Å². The summed E-state index contributed by atoms with van der Waals surface area (Å²) in [6, 6.07) is 0.315. The van der Waals surface area contributed by atoms with Crippen LogP contribution in [0.5, 0.6) is 0 Å². The van der Waals surface area contributed by atoms with Crippen molar-refractivity contribution in [3.05, 3.63) is 10.7 Å². The lowest BCUT2D eigenvalue weighted by Crippen LogP contribution is -2.39. The number of anilines is 2. The number of hydrogen-bond donors (Lipinski definition) is 3. The highest BCUT2D eigenvalue weighted by molar-refractivity contribution is 9.10. The van der Waals surface area contributed by atoms with E-state index in [-0.39, 0.29) is 6.10 Å². The smallest absolute Gasteiger partial charge is 0.224 e. The Kier molecular flexibility index (Phi) is 3.60. The predicted molar refractivity (Wildman–Crippen MR) is 66.5 cm³/mol. The van der Waals surface area contributed by atoms with Crippen LogP contribution in [0.15, 0.2) is 10.7 Å². The average Bonchev–Trinajstić information content (AvgIpc) is 2.21. The molecule has 1 aromatic rings. The molecule has 1 aliphatic rings. The van der Waals surface area contributed by atoms with Gasteiger partial charge >= 0.3 is 0 Å². The van der Waals surface area contributed by atoms with Crippen LogP contribution in [-0.2, 0) is 0 Å². The van der Waals surface area contributed by atoms with Gasteiger partial charge in [-0.05, 0) is 35.7 Å². The summed E-state index contributed by atoms with van der Waals surface area (Å²) in [6.07, 6.45) is 3.13. The molecular formula is C10H15BrN4O. The van der Waals surface area contributed by atoms with Crippen molar-refractivity contribution < 1.29 is 5.11 Å². The third-order valence-corrected chi connectivity index (χ3v) is 3.11. The second-order valence-electron chi connectivity index (χ2n) is 3.89. The third-order valence-electron chi connectivity index (χ3n) is 2.53. The van der Waals surface area contributed by atoms with Crippen LogP contribution >= 0.6 is 15.9 Å². The summed E-state index contributed by atoms with van der Waals surface area (Å²) in [5.74, 6) is 1.40. The Morgan fingerprint density at radius 3 is 2.94 bits per heavy atom. The van der Waals surface area contributed by atoms with Gasteiger partial charge in [0.15, 0.2) is 0 Å². The molecule has 3 N–H and O–H groups in total. The van der Waals surface area contributed by atoms with Crippen LogP contribution in [0.25, 0.3) is 0 Å². The van der Waals surface area contributed by atoms with E-state index in [9.17, 15) is 5.11 Å². The van der Waals surface area contributed by atoms with E-state index in [4.69, 9.17) is 0 Å². The van der Waals surface area contributed by atoms with Gasteiger partial charge in [-0.1, -0.05) is 0 Å². The van der Waals surface area contributed by atoms with Gasteiger partial charge < -0.3 is 15.7 Å². The lowest BCUT2D eigenvalue weighted by atomic mass is 9.89. The zero-order valence-electron chi connectivity index (χ0n) is 9.07. The Morgan fingerprint density at radius 2 is 2.31 bits per heavy atom. The highest BCUT2D eigenvalue weighted by atomic mass is 79.9. The van der Waals surface area contributed by atoms with Gasteiger partial charge in [0.05, 0.1) is 10.6 Å². The molecule has 6 heteroatoms. The number of nitrogens with zero attached hydrogens (tertiary/aromatic N) is 2. The van der Waals surface area contributed by atoms with Crippen molar-refractivity contribution in [1.29, 1.82) is 0 Å². The zero-order chi connectivity index (χ0) is 11.5. The Hall–Kier alpha value is -0.880. The molecule has 5 nitrogen and oxygen atoms in total. The first-order valence-electron chi connectivity index (χ1n) is 5.40. The lowest BCUT2D eigenvalue weighted by Gasteiger charge is -2.32. The standard InChI is InChI=1S/C10H15BrN4O/c1-2-12-10-13-5-8(11)9(15-10)14-6-3-7(16)4-6/h5-7,16H,2-4H2,1H3,(H2,12,13,14,15). The van der Waals surface area contributed by atoms with E-state index in [1.807, 2.05) is 6.92 Å². The zero-order valence-corrected chi connectivity index (χ0v) is 10.7. The molecular weight excluding hydrogens is 272 g/mol. The fourth-order valence-corrected chi connectivity index (χ4v) is 1.92. The largest absolute Gasteiger partial charge is 0.393 e. The van der Waals surface area contributed by atoms with Crippen LogP contribution in [0.3, 0.4) is 0 Å². The molecule has 0 aromatic carbocycles. The van der Waals surface area contributed by atoms with E-state index in [1.165, 1.54) is 0 Å².